The van der Waals surface area contributed by atoms with E-state index in [0.29, 0.717) is 11.4 Å². The molecule has 2 aromatic carbocycles. The van der Waals surface area contributed by atoms with Crippen molar-refractivity contribution in [2.75, 3.05) is 6.54 Å². The van der Waals surface area contributed by atoms with Crippen LogP contribution < -0.4 is 5.32 Å². The first-order valence-electron chi connectivity index (χ1n) is 8.03. The van der Waals surface area contributed by atoms with Gasteiger partial charge in [-0.3, -0.25) is 4.79 Å². The lowest BCUT2D eigenvalue weighted by molar-refractivity contribution is -0.120. The van der Waals surface area contributed by atoms with Crippen LogP contribution in [-0.2, 0) is 27.5 Å². The summed E-state index contributed by atoms with van der Waals surface area (Å²) in [5.41, 5.74) is 1.98. The van der Waals surface area contributed by atoms with Crippen LogP contribution in [0, 0.1) is 0 Å². The highest BCUT2D eigenvalue weighted by Gasteiger charge is 2.18. The van der Waals surface area contributed by atoms with E-state index >= 15 is 0 Å². The number of carbonyl (C=O) groups is 1. The molecule has 128 valence electrons. The Morgan fingerprint density at radius 1 is 0.958 bits per heavy atom. The quantitative estimate of drug-likeness (QED) is 0.839. The number of hydrogen-bond donors (Lipinski definition) is 1. The van der Waals surface area contributed by atoms with Gasteiger partial charge in [0.2, 0.25) is 5.91 Å². The number of nitrogens with one attached hydrogen (secondary N) is 1. The summed E-state index contributed by atoms with van der Waals surface area (Å²) in [5, 5.41) is 2.43. The number of benzene rings is 2. The number of amides is 1. The molecule has 0 bridgehead atoms. The molecule has 0 heterocycles. The second-order valence-corrected chi connectivity index (χ2v) is 8.50. The normalized spacial score (nSPS) is 11.5. The Labute approximate surface area is 143 Å². The summed E-state index contributed by atoms with van der Waals surface area (Å²) in [6, 6.07) is 16.5. The maximum absolute atomic E-state index is 12.1. The molecular formula is C19H23NO3S. The Kier molecular flexibility index (Phi) is 6.15. The monoisotopic (exact) mass is 345 g/mol. The average molecular weight is 345 g/mol. The van der Waals surface area contributed by atoms with Crippen LogP contribution in [-0.4, -0.2) is 26.1 Å². The third-order valence-corrected chi connectivity index (χ3v) is 5.99. The molecule has 0 radical (unpaired) electrons. The largest absolute Gasteiger partial charge is 0.355 e. The van der Waals surface area contributed by atoms with Crippen molar-refractivity contribution in [1.82, 2.24) is 5.32 Å². The van der Waals surface area contributed by atoms with Gasteiger partial charge in [-0.1, -0.05) is 42.5 Å². The average Bonchev–Trinajstić information content (AvgIpc) is 2.56. The van der Waals surface area contributed by atoms with Crippen LogP contribution in [0.1, 0.15) is 25.0 Å². The van der Waals surface area contributed by atoms with E-state index in [0.717, 1.165) is 12.0 Å². The fraction of sp³-hybridized carbons (Fsp3) is 0.316. The summed E-state index contributed by atoms with van der Waals surface area (Å²) >= 11 is 0. The zero-order chi connectivity index (χ0) is 17.6. The van der Waals surface area contributed by atoms with Crippen molar-refractivity contribution in [3.05, 3.63) is 65.7 Å². The van der Waals surface area contributed by atoms with Crippen molar-refractivity contribution < 1.29 is 13.2 Å². The van der Waals surface area contributed by atoms with Gasteiger partial charge in [0, 0.05) is 6.54 Å². The number of carbonyl (C=O) groups excluding carboxylic acids is 1. The Balaban J connectivity index is 1.86. The summed E-state index contributed by atoms with van der Waals surface area (Å²) in [7, 11) is -3.27. The van der Waals surface area contributed by atoms with Crippen molar-refractivity contribution in [1.29, 1.82) is 0 Å². The lowest BCUT2D eigenvalue weighted by Crippen LogP contribution is -2.27. The van der Waals surface area contributed by atoms with Gasteiger partial charge in [-0.2, -0.15) is 0 Å². The molecule has 4 nitrogen and oxygen atoms in total. The van der Waals surface area contributed by atoms with Gasteiger partial charge in [-0.15, -0.1) is 0 Å². The Hall–Kier alpha value is -2.14. The molecule has 0 saturated heterocycles. The van der Waals surface area contributed by atoms with E-state index in [9.17, 15) is 13.2 Å². The molecule has 2 aromatic rings. The maximum atomic E-state index is 12.1. The zero-order valence-electron chi connectivity index (χ0n) is 14.0. The van der Waals surface area contributed by atoms with Crippen LogP contribution in [0.5, 0.6) is 0 Å². The van der Waals surface area contributed by atoms with Crippen LogP contribution in [0.15, 0.2) is 59.5 Å². The number of sulfone groups is 1. The second-order valence-electron chi connectivity index (χ2n) is 6.00. The standard InChI is InChI=1S/C19H23NO3S/c1-15(2)24(22,23)18-10-8-17(9-11-18)14-19(21)20-13-12-16-6-4-3-5-7-16/h3-11,15H,12-14H2,1-2H3,(H,20,21). The van der Waals surface area contributed by atoms with Crippen LogP contribution in [0.3, 0.4) is 0 Å². The van der Waals surface area contributed by atoms with Gasteiger partial charge in [0.05, 0.1) is 16.6 Å². The fourth-order valence-electron chi connectivity index (χ4n) is 2.31. The molecule has 0 aromatic heterocycles. The minimum absolute atomic E-state index is 0.0644. The summed E-state index contributed by atoms with van der Waals surface area (Å²) in [5.74, 6) is -0.0644. The van der Waals surface area contributed by atoms with Crippen molar-refractivity contribution >= 4 is 15.7 Å². The van der Waals surface area contributed by atoms with Gasteiger partial charge in [0.25, 0.3) is 0 Å². The minimum Gasteiger partial charge on any atom is -0.355 e. The Morgan fingerprint density at radius 2 is 1.58 bits per heavy atom. The Morgan fingerprint density at radius 3 is 2.17 bits per heavy atom. The molecule has 0 aliphatic heterocycles. The third kappa shape index (κ3) is 4.93. The maximum Gasteiger partial charge on any atom is 0.224 e. The van der Waals surface area contributed by atoms with Gasteiger partial charge in [-0.25, -0.2) is 8.42 Å². The molecule has 0 saturated carbocycles. The fourth-order valence-corrected chi connectivity index (χ4v) is 3.37. The number of rotatable bonds is 7. The first kappa shape index (κ1) is 18.2. The van der Waals surface area contributed by atoms with Crippen LogP contribution in [0.25, 0.3) is 0 Å². The van der Waals surface area contributed by atoms with E-state index in [4.69, 9.17) is 0 Å². The topological polar surface area (TPSA) is 63.2 Å². The molecule has 0 spiro atoms. The van der Waals surface area contributed by atoms with Gasteiger partial charge < -0.3 is 5.32 Å². The first-order valence-corrected chi connectivity index (χ1v) is 9.57. The molecule has 0 unspecified atom stereocenters. The van der Waals surface area contributed by atoms with E-state index in [-0.39, 0.29) is 12.3 Å². The molecule has 1 N–H and O–H groups in total. The lowest BCUT2D eigenvalue weighted by Gasteiger charge is -2.09. The third-order valence-electron chi connectivity index (χ3n) is 3.82. The van der Waals surface area contributed by atoms with E-state index < -0.39 is 15.1 Å². The van der Waals surface area contributed by atoms with Crippen molar-refractivity contribution in [2.45, 2.75) is 36.8 Å². The number of hydrogen-bond acceptors (Lipinski definition) is 3. The SMILES string of the molecule is CC(C)S(=O)(=O)c1ccc(CC(=O)NCCc2ccccc2)cc1. The summed E-state index contributed by atoms with van der Waals surface area (Å²) in [6.45, 7) is 3.90. The van der Waals surface area contributed by atoms with Gasteiger partial charge in [0.1, 0.15) is 0 Å². The molecule has 0 aliphatic rings. The zero-order valence-corrected chi connectivity index (χ0v) is 14.8. The van der Waals surface area contributed by atoms with Crippen LogP contribution >= 0.6 is 0 Å². The summed E-state index contributed by atoms with van der Waals surface area (Å²) in [4.78, 5) is 12.3. The molecular weight excluding hydrogens is 322 g/mol. The Bertz CT molecular complexity index is 766. The van der Waals surface area contributed by atoms with Crippen LogP contribution in [0.4, 0.5) is 0 Å². The molecule has 5 heteroatoms. The molecule has 24 heavy (non-hydrogen) atoms. The van der Waals surface area contributed by atoms with E-state index in [1.807, 2.05) is 30.3 Å². The van der Waals surface area contributed by atoms with Gasteiger partial charge in [-0.05, 0) is 43.5 Å². The van der Waals surface area contributed by atoms with E-state index in [2.05, 4.69) is 5.32 Å². The highest BCUT2D eigenvalue weighted by molar-refractivity contribution is 7.92. The predicted octanol–water partition coefficient (Wildman–Crippen LogP) is 2.77. The highest BCUT2D eigenvalue weighted by Crippen LogP contribution is 2.16. The second kappa shape index (κ2) is 8.11. The van der Waals surface area contributed by atoms with Crippen molar-refractivity contribution in [3.63, 3.8) is 0 Å². The van der Waals surface area contributed by atoms with Crippen LogP contribution in [0.2, 0.25) is 0 Å². The lowest BCUT2D eigenvalue weighted by atomic mass is 10.1. The molecule has 2 rings (SSSR count). The van der Waals surface area contributed by atoms with E-state index in [1.54, 1.807) is 38.1 Å². The van der Waals surface area contributed by atoms with Gasteiger partial charge >= 0.3 is 0 Å². The molecule has 0 atom stereocenters. The highest BCUT2D eigenvalue weighted by atomic mass is 32.2. The van der Waals surface area contributed by atoms with Crippen molar-refractivity contribution in [3.8, 4) is 0 Å². The van der Waals surface area contributed by atoms with Crippen molar-refractivity contribution in [2.24, 2.45) is 0 Å². The minimum atomic E-state index is -3.27. The molecule has 0 fully saturated rings. The van der Waals surface area contributed by atoms with E-state index in [1.165, 1.54) is 5.56 Å². The summed E-state index contributed by atoms with van der Waals surface area (Å²) < 4.78 is 24.1. The molecule has 0 aliphatic carbocycles. The molecule has 1 amide bonds. The summed E-state index contributed by atoms with van der Waals surface area (Å²) in [6.07, 6.45) is 1.04. The smallest absolute Gasteiger partial charge is 0.224 e. The predicted molar refractivity (Wildman–Crippen MR) is 95.6 cm³/mol. The van der Waals surface area contributed by atoms with Gasteiger partial charge in [0.15, 0.2) is 9.84 Å². The first-order chi connectivity index (χ1) is 11.4.